The van der Waals surface area contributed by atoms with Gasteiger partial charge in [0.1, 0.15) is 11.5 Å². The largest absolute Gasteiger partial charge is 0.321 e. The molecule has 0 spiro atoms. The molecule has 4 nitrogen and oxygen atoms in total. The van der Waals surface area contributed by atoms with Crippen LogP contribution in [0.15, 0.2) is 66.0 Å². The van der Waals surface area contributed by atoms with Gasteiger partial charge >= 0.3 is 0 Å². The summed E-state index contributed by atoms with van der Waals surface area (Å²) in [5, 5.41) is 3.50. The first-order valence-corrected chi connectivity index (χ1v) is 8.15. The lowest BCUT2D eigenvalue weighted by Crippen LogP contribution is -2.16. The fourth-order valence-corrected chi connectivity index (χ4v) is 2.74. The zero-order valence-corrected chi connectivity index (χ0v) is 13.2. The fourth-order valence-electron chi connectivity index (χ4n) is 2.20. The van der Waals surface area contributed by atoms with Crippen LogP contribution >= 0.6 is 11.8 Å². The Morgan fingerprint density at radius 2 is 1.83 bits per heavy atom. The SMILES string of the molecule is CSc1ncc(C(=O)Nc2ccccc2)n1-c1ccc(F)cc1. The molecule has 2 aromatic carbocycles. The van der Waals surface area contributed by atoms with E-state index in [9.17, 15) is 9.18 Å². The molecule has 1 amide bonds. The van der Waals surface area contributed by atoms with E-state index in [1.807, 2.05) is 36.6 Å². The van der Waals surface area contributed by atoms with Crippen LogP contribution in [-0.4, -0.2) is 21.7 Å². The maximum absolute atomic E-state index is 13.1. The summed E-state index contributed by atoms with van der Waals surface area (Å²) in [5.74, 6) is -0.594. The van der Waals surface area contributed by atoms with Crippen molar-refractivity contribution >= 4 is 23.4 Å². The third-order valence-corrected chi connectivity index (χ3v) is 3.91. The number of nitrogens with one attached hydrogen (secondary N) is 1. The minimum Gasteiger partial charge on any atom is -0.321 e. The Labute approximate surface area is 137 Å². The number of carbonyl (C=O) groups is 1. The van der Waals surface area contributed by atoms with Crippen molar-refractivity contribution in [2.75, 3.05) is 11.6 Å². The maximum atomic E-state index is 13.1. The third kappa shape index (κ3) is 3.27. The zero-order chi connectivity index (χ0) is 16.2. The van der Waals surface area contributed by atoms with Crippen molar-refractivity contribution in [1.82, 2.24) is 9.55 Å². The molecule has 0 radical (unpaired) electrons. The Hall–Kier alpha value is -2.60. The Morgan fingerprint density at radius 1 is 1.13 bits per heavy atom. The second-order valence-electron chi connectivity index (χ2n) is 4.76. The molecule has 116 valence electrons. The molecular weight excluding hydrogens is 313 g/mol. The van der Waals surface area contributed by atoms with Crippen LogP contribution in [0.25, 0.3) is 5.69 Å². The van der Waals surface area contributed by atoms with Crippen molar-refractivity contribution in [2.24, 2.45) is 0 Å². The Kier molecular flexibility index (Phi) is 4.43. The van der Waals surface area contributed by atoms with Gasteiger partial charge in [-0.25, -0.2) is 9.37 Å². The summed E-state index contributed by atoms with van der Waals surface area (Å²) < 4.78 is 14.9. The highest BCUT2D eigenvalue weighted by Crippen LogP contribution is 2.22. The molecule has 0 aliphatic heterocycles. The van der Waals surface area contributed by atoms with Crippen molar-refractivity contribution in [3.05, 3.63) is 72.3 Å². The lowest BCUT2D eigenvalue weighted by Gasteiger charge is -2.11. The highest BCUT2D eigenvalue weighted by Gasteiger charge is 2.17. The van der Waals surface area contributed by atoms with Crippen molar-refractivity contribution in [2.45, 2.75) is 5.16 Å². The molecule has 1 heterocycles. The molecule has 1 aromatic heterocycles. The first-order chi connectivity index (χ1) is 11.2. The summed E-state index contributed by atoms with van der Waals surface area (Å²) >= 11 is 1.42. The number of imidazole rings is 1. The molecular formula is C17H14FN3OS. The predicted octanol–water partition coefficient (Wildman–Crippen LogP) is 3.99. The van der Waals surface area contributed by atoms with Crippen molar-refractivity contribution in [1.29, 1.82) is 0 Å². The number of halogens is 1. The predicted molar refractivity (Wildman–Crippen MR) is 89.7 cm³/mol. The summed E-state index contributed by atoms with van der Waals surface area (Å²) in [4.78, 5) is 16.8. The van der Waals surface area contributed by atoms with Crippen molar-refractivity contribution < 1.29 is 9.18 Å². The average molecular weight is 327 g/mol. The van der Waals surface area contributed by atoms with Gasteiger partial charge in [0.2, 0.25) is 0 Å². The number of amides is 1. The first kappa shape index (κ1) is 15.3. The molecule has 0 aliphatic rings. The maximum Gasteiger partial charge on any atom is 0.274 e. The Morgan fingerprint density at radius 3 is 2.48 bits per heavy atom. The summed E-state index contributed by atoms with van der Waals surface area (Å²) in [7, 11) is 0. The normalized spacial score (nSPS) is 10.5. The van der Waals surface area contributed by atoms with Crippen LogP contribution in [0.3, 0.4) is 0 Å². The van der Waals surface area contributed by atoms with E-state index in [0.29, 0.717) is 22.2 Å². The van der Waals surface area contributed by atoms with Crippen LogP contribution in [0.2, 0.25) is 0 Å². The van der Waals surface area contributed by atoms with Crippen molar-refractivity contribution in [3.8, 4) is 5.69 Å². The molecule has 3 aromatic rings. The smallest absolute Gasteiger partial charge is 0.274 e. The lowest BCUT2D eigenvalue weighted by atomic mass is 10.3. The van der Waals surface area contributed by atoms with Crippen molar-refractivity contribution in [3.63, 3.8) is 0 Å². The minimum atomic E-state index is -0.324. The standard InChI is InChI=1S/C17H14FN3OS/c1-23-17-19-11-15(16(22)20-13-5-3-2-4-6-13)21(17)14-9-7-12(18)8-10-14/h2-11H,1H3,(H,20,22). The third-order valence-electron chi connectivity index (χ3n) is 3.26. The average Bonchev–Trinajstić information content (AvgIpc) is 3.00. The summed E-state index contributed by atoms with van der Waals surface area (Å²) in [5.41, 5.74) is 1.78. The molecule has 6 heteroatoms. The highest BCUT2D eigenvalue weighted by atomic mass is 32.2. The van der Waals surface area contributed by atoms with E-state index in [0.717, 1.165) is 0 Å². The molecule has 1 N–H and O–H groups in total. The van der Waals surface area contributed by atoms with Gasteiger partial charge < -0.3 is 5.32 Å². The van der Waals surface area contributed by atoms with E-state index in [4.69, 9.17) is 0 Å². The van der Waals surface area contributed by atoms with Crippen LogP contribution in [0, 0.1) is 5.82 Å². The minimum absolute atomic E-state index is 0.270. The lowest BCUT2D eigenvalue weighted by molar-refractivity contribution is 0.102. The molecule has 0 atom stereocenters. The van der Waals surface area contributed by atoms with Gasteiger partial charge in [-0.05, 0) is 42.7 Å². The molecule has 0 unspecified atom stereocenters. The molecule has 0 saturated heterocycles. The number of anilines is 1. The number of carbonyl (C=O) groups excluding carboxylic acids is 1. The van der Waals surface area contributed by atoms with Gasteiger partial charge in [-0.2, -0.15) is 0 Å². The van der Waals surface area contributed by atoms with E-state index >= 15 is 0 Å². The van der Waals surface area contributed by atoms with E-state index in [1.165, 1.54) is 30.1 Å². The molecule has 0 saturated carbocycles. The Bertz CT molecular complexity index is 816. The van der Waals surface area contributed by atoms with Crippen LogP contribution in [-0.2, 0) is 0 Å². The first-order valence-electron chi connectivity index (χ1n) is 6.93. The zero-order valence-electron chi connectivity index (χ0n) is 12.4. The van der Waals surface area contributed by atoms with Crippen LogP contribution < -0.4 is 5.32 Å². The second kappa shape index (κ2) is 6.66. The Balaban J connectivity index is 1.98. The number of nitrogens with zero attached hydrogens (tertiary/aromatic N) is 2. The second-order valence-corrected chi connectivity index (χ2v) is 5.54. The van der Waals surface area contributed by atoms with Crippen LogP contribution in [0.4, 0.5) is 10.1 Å². The van der Waals surface area contributed by atoms with Gasteiger partial charge in [0.25, 0.3) is 5.91 Å². The van der Waals surface area contributed by atoms with E-state index in [2.05, 4.69) is 10.3 Å². The summed E-state index contributed by atoms with van der Waals surface area (Å²) in [6.45, 7) is 0. The molecule has 23 heavy (non-hydrogen) atoms. The van der Waals surface area contributed by atoms with Gasteiger partial charge in [0.05, 0.1) is 6.20 Å². The molecule has 0 aliphatic carbocycles. The van der Waals surface area contributed by atoms with Gasteiger partial charge in [-0.3, -0.25) is 9.36 Å². The number of aromatic nitrogens is 2. The fraction of sp³-hybridized carbons (Fsp3) is 0.0588. The number of thioether (sulfide) groups is 1. The number of rotatable bonds is 4. The number of hydrogen-bond donors (Lipinski definition) is 1. The highest BCUT2D eigenvalue weighted by molar-refractivity contribution is 7.98. The topological polar surface area (TPSA) is 46.9 Å². The van der Waals surface area contributed by atoms with Gasteiger partial charge in [0.15, 0.2) is 5.16 Å². The summed E-state index contributed by atoms with van der Waals surface area (Å²) in [6.07, 6.45) is 3.40. The van der Waals surface area contributed by atoms with Crippen LogP contribution in [0.5, 0.6) is 0 Å². The van der Waals surface area contributed by atoms with E-state index in [-0.39, 0.29) is 11.7 Å². The number of benzene rings is 2. The van der Waals surface area contributed by atoms with Gasteiger partial charge in [-0.15, -0.1) is 0 Å². The quantitative estimate of drug-likeness (QED) is 0.737. The molecule has 0 fully saturated rings. The monoisotopic (exact) mass is 327 g/mol. The van der Waals surface area contributed by atoms with Gasteiger partial charge in [0, 0.05) is 11.4 Å². The molecule has 3 rings (SSSR count). The van der Waals surface area contributed by atoms with Gasteiger partial charge in [-0.1, -0.05) is 30.0 Å². The van der Waals surface area contributed by atoms with E-state index in [1.54, 1.807) is 16.7 Å². The number of hydrogen-bond acceptors (Lipinski definition) is 3. The van der Waals surface area contributed by atoms with Crippen LogP contribution in [0.1, 0.15) is 10.5 Å². The number of para-hydroxylation sites is 1. The molecule has 0 bridgehead atoms. The summed E-state index contributed by atoms with van der Waals surface area (Å²) in [6, 6.07) is 15.2. The van der Waals surface area contributed by atoms with E-state index < -0.39 is 0 Å².